The van der Waals surface area contributed by atoms with Crippen LogP contribution in [0.2, 0.25) is 0 Å². The Kier molecular flexibility index (Phi) is 6.09. The van der Waals surface area contributed by atoms with Crippen LogP contribution in [0.1, 0.15) is 25.7 Å². The van der Waals surface area contributed by atoms with Crippen LogP contribution >= 0.6 is 11.8 Å². The van der Waals surface area contributed by atoms with Gasteiger partial charge in [-0.2, -0.15) is 10.1 Å². The molecule has 148 valence electrons. The fourth-order valence-corrected chi connectivity index (χ4v) is 4.34. The van der Waals surface area contributed by atoms with Crippen molar-refractivity contribution in [3.05, 3.63) is 36.7 Å². The van der Waals surface area contributed by atoms with Gasteiger partial charge in [0.2, 0.25) is 5.95 Å². The minimum atomic E-state index is 0.166. The minimum Gasteiger partial charge on any atom is -0.396 e. The molecule has 1 fully saturated rings. The van der Waals surface area contributed by atoms with Gasteiger partial charge in [0.15, 0.2) is 5.65 Å². The highest BCUT2D eigenvalue weighted by Gasteiger charge is 2.20. The molecule has 4 rings (SSSR count). The quantitative estimate of drug-likeness (QED) is 0.525. The van der Waals surface area contributed by atoms with E-state index in [9.17, 15) is 0 Å². The van der Waals surface area contributed by atoms with Gasteiger partial charge in [0.05, 0.1) is 18.2 Å². The van der Waals surface area contributed by atoms with Gasteiger partial charge in [0.25, 0.3) is 0 Å². The van der Waals surface area contributed by atoms with Crippen LogP contribution in [0.4, 0.5) is 11.6 Å². The van der Waals surface area contributed by atoms with Gasteiger partial charge in [0.1, 0.15) is 0 Å². The number of fused-ring (bicyclic) bond motifs is 1. The number of nitrogens with zero attached hydrogens (tertiary/aromatic N) is 4. The first-order valence-electron chi connectivity index (χ1n) is 9.76. The summed E-state index contributed by atoms with van der Waals surface area (Å²) in [7, 11) is 0. The van der Waals surface area contributed by atoms with Gasteiger partial charge in [-0.05, 0) is 49.8 Å². The van der Waals surface area contributed by atoms with Crippen LogP contribution in [0.3, 0.4) is 0 Å². The van der Waals surface area contributed by atoms with Crippen LogP contribution < -0.4 is 11.1 Å². The molecule has 1 aliphatic rings. The summed E-state index contributed by atoms with van der Waals surface area (Å²) >= 11 is 1.62. The van der Waals surface area contributed by atoms with E-state index in [1.54, 1.807) is 11.8 Å². The maximum Gasteiger partial charge on any atom is 0.229 e. The Morgan fingerprint density at radius 2 is 2.07 bits per heavy atom. The molecule has 7 nitrogen and oxygen atoms in total. The van der Waals surface area contributed by atoms with Gasteiger partial charge < -0.3 is 16.2 Å². The Bertz CT molecular complexity index is 922. The van der Waals surface area contributed by atoms with E-state index in [-0.39, 0.29) is 6.61 Å². The molecular formula is C20H26N6OS. The van der Waals surface area contributed by atoms with Gasteiger partial charge in [-0.25, -0.2) is 9.67 Å². The third-order valence-corrected chi connectivity index (χ3v) is 6.12. The number of aromatic nitrogens is 4. The van der Waals surface area contributed by atoms with Crippen LogP contribution in [-0.4, -0.2) is 43.3 Å². The van der Waals surface area contributed by atoms with E-state index >= 15 is 0 Å². The van der Waals surface area contributed by atoms with E-state index < -0.39 is 0 Å². The molecule has 0 unspecified atom stereocenters. The molecule has 4 N–H and O–H groups in total. The maximum atomic E-state index is 9.00. The predicted octanol–water partition coefficient (Wildman–Crippen LogP) is 3.17. The van der Waals surface area contributed by atoms with E-state index in [2.05, 4.69) is 15.4 Å². The van der Waals surface area contributed by atoms with Gasteiger partial charge in [-0.15, -0.1) is 11.8 Å². The molecule has 8 heteroatoms. The smallest absolute Gasteiger partial charge is 0.229 e. The Labute approximate surface area is 168 Å². The second-order valence-corrected chi connectivity index (χ2v) is 8.47. The zero-order chi connectivity index (χ0) is 19.3. The summed E-state index contributed by atoms with van der Waals surface area (Å²) in [5.41, 5.74) is 7.81. The highest BCUT2D eigenvalue weighted by molar-refractivity contribution is 7.99. The van der Waals surface area contributed by atoms with Gasteiger partial charge >= 0.3 is 0 Å². The number of nitrogens with one attached hydrogen (secondary N) is 1. The summed E-state index contributed by atoms with van der Waals surface area (Å²) < 4.78 is 2.00. The van der Waals surface area contributed by atoms with Crippen molar-refractivity contribution >= 4 is 34.4 Å². The first-order valence-corrected chi connectivity index (χ1v) is 10.7. The lowest BCUT2D eigenvalue weighted by molar-refractivity contribution is 0.288. The van der Waals surface area contributed by atoms with Crippen molar-refractivity contribution < 1.29 is 5.11 Å². The lowest BCUT2D eigenvalue weighted by Gasteiger charge is -2.25. The molecule has 2 aromatic heterocycles. The minimum absolute atomic E-state index is 0.166. The average Bonchev–Trinajstić information content (AvgIpc) is 3.10. The van der Waals surface area contributed by atoms with E-state index in [1.165, 1.54) is 0 Å². The fourth-order valence-electron chi connectivity index (χ4n) is 3.63. The van der Waals surface area contributed by atoms with Crippen molar-refractivity contribution in [3.63, 3.8) is 0 Å². The molecule has 0 bridgehead atoms. The molecule has 0 saturated heterocycles. The van der Waals surface area contributed by atoms with Crippen molar-refractivity contribution in [3.8, 4) is 0 Å². The summed E-state index contributed by atoms with van der Waals surface area (Å²) in [6.45, 7) is 1.04. The Balaban J connectivity index is 1.49. The lowest BCUT2D eigenvalue weighted by Crippen LogP contribution is -2.28. The lowest BCUT2D eigenvalue weighted by atomic mass is 9.86. The van der Waals surface area contributed by atoms with E-state index in [0.29, 0.717) is 23.7 Å². The third-order valence-electron chi connectivity index (χ3n) is 5.15. The number of hydrogen-bond donors (Lipinski definition) is 3. The second kappa shape index (κ2) is 8.89. The zero-order valence-electron chi connectivity index (χ0n) is 15.8. The highest BCUT2D eigenvalue weighted by Crippen LogP contribution is 2.26. The van der Waals surface area contributed by atoms with E-state index in [0.717, 1.165) is 53.8 Å². The summed E-state index contributed by atoms with van der Waals surface area (Å²) in [5, 5.41) is 17.8. The maximum absolute atomic E-state index is 9.00. The van der Waals surface area contributed by atoms with Crippen LogP contribution in [-0.2, 0) is 6.54 Å². The van der Waals surface area contributed by atoms with Crippen molar-refractivity contribution in [1.29, 1.82) is 0 Å². The van der Waals surface area contributed by atoms with Crippen LogP contribution in [0.5, 0.6) is 0 Å². The van der Waals surface area contributed by atoms with Crippen molar-refractivity contribution in [2.75, 3.05) is 17.7 Å². The molecule has 0 atom stereocenters. The summed E-state index contributed by atoms with van der Waals surface area (Å²) in [4.78, 5) is 10.2. The number of anilines is 2. The molecule has 1 saturated carbocycles. The standard InChI is InChI=1S/C20H26N6OS/c21-16-6-4-14(5-7-16)13-26-19-15(12-23-26)11-22-20(25-19)24-17-2-1-3-18(10-17)28-9-8-27/h1-3,10-12,14,16,27H,4-9,13,21H2,(H,22,24,25). The van der Waals surface area contributed by atoms with Crippen molar-refractivity contribution in [1.82, 2.24) is 19.7 Å². The van der Waals surface area contributed by atoms with Crippen LogP contribution in [0.15, 0.2) is 41.6 Å². The number of hydrogen-bond acceptors (Lipinski definition) is 7. The number of benzene rings is 1. The van der Waals surface area contributed by atoms with Crippen molar-refractivity contribution in [2.24, 2.45) is 11.7 Å². The van der Waals surface area contributed by atoms with E-state index in [1.807, 2.05) is 41.3 Å². The Hall–Kier alpha value is -2.16. The molecule has 0 radical (unpaired) electrons. The monoisotopic (exact) mass is 398 g/mol. The topological polar surface area (TPSA) is 102 Å². The van der Waals surface area contributed by atoms with Crippen molar-refractivity contribution in [2.45, 2.75) is 43.2 Å². The van der Waals surface area contributed by atoms with Gasteiger partial charge in [-0.3, -0.25) is 0 Å². The second-order valence-electron chi connectivity index (χ2n) is 7.30. The SMILES string of the molecule is NC1CCC(Cn2ncc3cnc(Nc4cccc(SCCO)c4)nc32)CC1. The molecule has 28 heavy (non-hydrogen) atoms. The number of aliphatic hydroxyl groups is 1. The molecule has 1 aliphatic carbocycles. The molecule has 3 aromatic rings. The number of nitrogens with two attached hydrogens (primary N) is 1. The summed E-state index contributed by atoms with van der Waals surface area (Å²) in [6.07, 6.45) is 8.13. The number of aliphatic hydroxyl groups excluding tert-OH is 1. The Morgan fingerprint density at radius 3 is 2.89 bits per heavy atom. The number of thioether (sulfide) groups is 1. The summed E-state index contributed by atoms with van der Waals surface area (Å²) in [5.74, 6) is 1.84. The zero-order valence-corrected chi connectivity index (χ0v) is 16.6. The summed E-state index contributed by atoms with van der Waals surface area (Å²) in [6, 6.07) is 8.39. The van der Waals surface area contributed by atoms with E-state index in [4.69, 9.17) is 15.8 Å². The Morgan fingerprint density at radius 1 is 1.21 bits per heavy atom. The van der Waals surface area contributed by atoms with Gasteiger partial charge in [0, 0.05) is 35.1 Å². The van der Waals surface area contributed by atoms with Gasteiger partial charge in [-0.1, -0.05) is 6.07 Å². The van der Waals surface area contributed by atoms with Crippen LogP contribution in [0.25, 0.3) is 11.0 Å². The molecule has 2 heterocycles. The molecule has 0 spiro atoms. The van der Waals surface area contributed by atoms with Crippen LogP contribution in [0, 0.1) is 5.92 Å². The number of rotatable bonds is 7. The molecule has 0 amide bonds. The molecule has 1 aromatic carbocycles. The first kappa shape index (κ1) is 19.2. The normalized spacial score (nSPS) is 19.8. The fraction of sp³-hybridized carbons (Fsp3) is 0.450. The predicted molar refractivity (Wildman–Crippen MR) is 113 cm³/mol. The average molecular weight is 399 g/mol. The molecule has 0 aliphatic heterocycles. The highest BCUT2D eigenvalue weighted by atomic mass is 32.2. The largest absolute Gasteiger partial charge is 0.396 e. The first-order chi connectivity index (χ1) is 13.7. The third kappa shape index (κ3) is 4.63. The molecular weight excluding hydrogens is 372 g/mol.